The van der Waals surface area contributed by atoms with Gasteiger partial charge in [-0.15, -0.1) is 0 Å². The molecule has 0 saturated carbocycles. The van der Waals surface area contributed by atoms with Crippen LogP contribution in [0.25, 0.3) is 22.0 Å². The average Bonchev–Trinajstić information content (AvgIpc) is 3.52. The second-order valence-electron chi connectivity index (χ2n) is 10.4. The molecule has 7 rings (SSSR count). The number of fused-ring (bicyclic) bond motifs is 2. The lowest BCUT2D eigenvalue weighted by Crippen LogP contribution is -2.40. The molecule has 0 unspecified atom stereocenters. The molecule has 5 aromatic rings. The number of anilines is 2. The van der Waals surface area contributed by atoms with Crippen molar-refractivity contribution in [1.29, 1.82) is 0 Å². The molecule has 1 saturated heterocycles. The van der Waals surface area contributed by atoms with Crippen LogP contribution in [0, 0.1) is 13.8 Å². The third kappa shape index (κ3) is 4.13. The van der Waals surface area contributed by atoms with E-state index in [1.165, 1.54) is 11.3 Å². The highest BCUT2D eigenvalue weighted by molar-refractivity contribution is 5.94. The second-order valence-corrected chi connectivity index (χ2v) is 10.4. The molecule has 0 radical (unpaired) electrons. The minimum absolute atomic E-state index is 0.0543. The van der Waals surface area contributed by atoms with Gasteiger partial charge in [0.05, 0.1) is 54.7 Å². The summed E-state index contributed by atoms with van der Waals surface area (Å²) in [5, 5.41) is 5.20. The highest BCUT2D eigenvalue weighted by Crippen LogP contribution is 2.38. The molecule has 198 valence electrons. The summed E-state index contributed by atoms with van der Waals surface area (Å²) in [6, 6.07) is 17.0. The predicted octanol–water partition coefficient (Wildman–Crippen LogP) is 4.78. The van der Waals surface area contributed by atoms with Gasteiger partial charge in [0.2, 0.25) is 5.95 Å². The van der Waals surface area contributed by atoms with Gasteiger partial charge >= 0.3 is 0 Å². The van der Waals surface area contributed by atoms with Crippen LogP contribution in [0.1, 0.15) is 34.4 Å². The molecule has 9 heteroatoms. The SMILES string of the molecule is Cc1noc(C)c1-c1ccc2nc(N3CCc4ncn(C)c4C3)nc(N3CCOC[C@@H]3c3ccccc3)c2c1. The number of hydrogen-bond acceptors (Lipinski definition) is 8. The van der Waals surface area contributed by atoms with E-state index < -0.39 is 0 Å². The largest absolute Gasteiger partial charge is 0.377 e. The molecule has 39 heavy (non-hydrogen) atoms. The van der Waals surface area contributed by atoms with Crippen LogP contribution >= 0.6 is 0 Å². The zero-order valence-electron chi connectivity index (χ0n) is 22.5. The maximum absolute atomic E-state index is 5.98. The van der Waals surface area contributed by atoms with Crippen molar-refractivity contribution in [3.05, 3.63) is 83.3 Å². The van der Waals surface area contributed by atoms with Crippen molar-refractivity contribution in [2.45, 2.75) is 32.9 Å². The van der Waals surface area contributed by atoms with Crippen LogP contribution in [0.4, 0.5) is 11.8 Å². The van der Waals surface area contributed by atoms with Gasteiger partial charge in [-0.1, -0.05) is 41.6 Å². The maximum Gasteiger partial charge on any atom is 0.228 e. The Hall–Kier alpha value is -4.24. The average molecular weight is 522 g/mol. The van der Waals surface area contributed by atoms with Crippen LogP contribution in [0.2, 0.25) is 0 Å². The number of hydrogen-bond donors (Lipinski definition) is 0. The molecular weight excluding hydrogens is 490 g/mol. The number of imidazole rings is 1. The molecule has 2 aliphatic heterocycles. The number of ether oxygens (including phenoxy) is 1. The van der Waals surface area contributed by atoms with Gasteiger partial charge in [0.25, 0.3) is 0 Å². The molecule has 9 nitrogen and oxygen atoms in total. The lowest BCUT2D eigenvalue weighted by molar-refractivity contribution is 0.0939. The molecule has 0 spiro atoms. The van der Waals surface area contributed by atoms with Gasteiger partial charge in [-0.25, -0.2) is 9.97 Å². The minimum atomic E-state index is 0.0543. The predicted molar refractivity (Wildman–Crippen MR) is 150 cm³/mol. The van der Waals surface area contributed by atoms with Crippen molar-refractivity contribution in [2.75, 3.05) is 36.1 Å². The van der Waals surface area contributed by atoms with Crippen LogP contribution in [0.5, 0.6) is 0 Å². The number of aryl methyl sites for hydroxylation is 3. The first-order chi connectivity index (χ1) is 19.1. The minimum Gasteiger partial charge on any atom is -0.377 e. The van der Waals surface area contributed by atoms with E-state index in [1.807, 2.05) is 20.2 Å². The number of aromatic nitrogens is 5. The van der Waals surface area contributed by atoms with Crippen molar-refractivity contribution >= 4 is 22.7 Å². The number of benzene rings is 2. The fraction of sp³-hybridized carbons (Fsp3) is 0.333. The standard InChI is InChI=1S/C30H31N7O2/c1-19-28(20(2)39-34-19)22-9-10-24-23(15-22)29(37-13-14-38-17-27(37)21-7-5-4-6-8-21)33-30(32-24)36-12-11-25-26(16-36)35(3)18-31-25/h4-10,15,18,27H,11-14,16-17H2,1-3H3/t27-/m1/s1. The first kappa shape index (κ1) is 23.8. The Bertz CT molecular complexity index is 1640. The molecule has 0 amide bonds. The summed E-state index contributed by atoms with van der Waals surface area (Å²) in [5.41, 5.74) is 7.46. The molecule has 0 bridgehead atoms. The Morgan fingerprint density at radius 3 is 2.69 bits per heavy atom. The fourth-order valence-corrected chi connectivity index (χ4v) is 5.91. The topological polar surface area (TPSA) is 85.3 Å². The number of nitrogens with zero attached hydrogens (tertiary/aromatic N) is 7. The quantitative estimate of drug-likeness (QED) is 0.334. The summed E-state index contributed by atoms with van der Waals surface area (Å²) in [6.45, 7) is 7.50. The van der Waals surface area contributed by atoms with E-state index in [1.54, 1.807) is 0 Å². The van der Waals surface area contributed by atoms with E-state index in [0.717, 1.165) is 77.0 Å². The van der Waals surface area contributed by atoms with Gasteiger partial charge in [-0.3, -0.25) is 0 Å². The molecule has 2 aliphatic rings. The van der Waals surface area contributed by atoms with Crippen molar-refractivity contribution in [3.63, 3.8) is 0 Å². The highest BCUT2D eigenvalue weighted by Gasteiger charge is 2.30. The summed E-state index contributed by atoms with van der Waals surface area (Å²) in [5.74, 6) is 2.48. The summed E-state index contributed by atoms with van der Waals surface area (Å²) in [7, 11) is 2.05. The Kier molecular flexibility index (Phi) is 5.81. The third-order valence-corrected chi connectivity index (χ3v) is 7.96. The van der Waals surface area contributed by atoms with E-state index in [4.69, 9.17) is 19.2 Å². The Labute approximate surface area is 227 Å². The van der Waals surface area contributed by atoms with Crippen LogP contribution in [-0.4, -0.2) is 51.0 Å². The van der Waals surface area contributed by atoms with E-state index in [9.17, 15) is 0 Å². The van der Waals surface area contributed by atoms with Crippen LogP contribution in [0.3, 0.4) is 0 Å². The van der Waals surface area contributed by atoms with E-state index in [2.05, 4.69) is 80.1 Å². The molecule has 0 N–H and O–H groups in total. The summed E-state index contributed by atoms with van der Waals surface area (Å²) >= 11 is 0. The summed E-state index contributed by atoms with van der Waals surface area (Å²) in [6.07, 6.45) is 2.78. The van der Waals surface area contributed by atoms with Gasteiger partial charge in [-0.05, 0) is 37.1 Å². The molecule has 5 heterocycles. The van der Waals surface area contributed by atoms with Crippen molar-refractivity contribution in [3.8, 4) is 11.1 Å². The summed E-state index contributed by atoms with van der Waals surface area (Å²) in [4.78, 5) is 19.6. The molecule has 1 atom stereocenters. The monoisotopic (exact) mass is 521 g/mol. The molecule has 3 aromatic heterocycles. The lowest BCUT2D eigenvalue weighted by atomic mass is 10.0. The highest BCUT2D eigenvalue weighted by atomic mass is 16.5. The van der Waals surface area contributed by atoms with Gasteiger partial charge in [-0.2, -0.15) is 4.98 Å². The fourth-order valence-electron chi connectivity index (χ4n) is 5.91. The van der Waals surface area contributed by atoms with Crippen molar-refractivity contribution < 1.29 is 9.26 Å². The molecule has 1 fully saturated rings. The first-order valence-corrected chi connectivity index (χ1v) is 13.4. The summed E-state index contributed by atoms with van der Waals surface area (Å²) < 4.78 is 13.6. The van der Waals surface area contributed by atoms with Crippen LogP contribution < -0.4 is 9.80 Å². The third-order valence-electron chi connectivity index (χ3n) is 7.96. The maximum atomic E-state index is 5.98. The van der Waals surface area contributed by atoms with Crippen molar-refractivity contribution in [2.24, 2.45) is 7.05 Å². The van der Waals surface area contributed by atoms with Gasteiger partial charge in [0, 0.05) is 37.5 Å². The lowest BCUT2D eigenvalue weighted by Gasteiger charge is -2.38. The van der Waals surface area contributed by atoms with Gasteiger partial charge in [0.1, 0.15) is 11.6 Å². The van der Waals surface area contributed by atoms with Gasteiger partial charge in [0.15, 0.2) is 0 Å². The van der Waals surface area contributed by atoms with E-state index in [0.29, 0.717) is 13.2 Å². The van der Waals surface area contributed by atoms with Crippen LogP contribution in [0.15, 0.2) is 59.4 Å². The number of rotatable bonds is 4. The Morgan fingerprint density at radius 2 is 1.87 bits per heavy atom. The van der Waals surface area contributed by atoms with E-state index in [-0.39, 0.29) is 6.04 Å². The normalized spacial score (nSPS) is 17.6. The van der Waals surface area contributed by atoms with Crippen LogP contribution in [-0.2, 0) is 24.8 Å². The Morgan fingerprint density at radius 1 is 1.00 bits per heavy atom. The first-order valence-electron chi connectivity index (χ1n) is 13.4. The number of morpholine rings is 1. The smallest absolute Gasteiger partial charge is 0.228 e. The molecule has 2 aromatic carbocycles. The zero-order valence-corrected chi connectivity index (χ0v) is 22.5. The van der Waals surface area contributed by atoms with Gasteiger partial charge < -0.3 is 23.6 Å². The van der Waals surface area contributed by atoms with E-state index >= 15 is 0 Å². The molecule has 0 aliphatic carbocycles. The molecular formula is C30H31N7O2. The van der Waals surface area contributed by atoms with Crippen molar-refractivity contribution in [1.82, 2.24) is 24.7 Å². The second kappa shape index (κ2) is 9.50. The Balaban J connectivity index is 1.39. The zero-order chi connectivity index (χ0) is 26.5.